The molecule has 1 rings (SSSR count). The Hall–Kier alpha value is -0.520. The Labute approximate surface area is 76.4 Å². The van der Waals surface area contributed by atoms with E-state index in [0.29, 0.717) is 0 Å². The van der Waals surface area contributed by atoms with Crippen molar-refractivity contribution in [2.24, 2.45) is 0 Å². The molecule has 0 heterocycles. The van der Waals surface area contributed by atoms with Gasteiger partial charge in [0.1, 0.15) is 0 Å². The Bertz CT molecular complexity index is 174. The molecule has 0 aromatic heterocycles. The second-order valence-corrected chi connectivity index (χ2v) is 3.60. The number of rotatable bonds is 2. The highest BCUT2D eigenvalue weighted by molar-refractivity contribution is 5.24. The van der Waals surface area contributed by atoms with Gasteiger partial charge in [0, 0.05) is 0 Å². The van der Waals surface area contributed by atoms with Crippen molar-refractivity contribution in [1.82, 2.24) is 0 Å². The number of hydrogen-bond donors (Lipinski definition) is 0. The molecule has 0 aromatic rings. The largest absolute Gasteiger partial charge is 0.0988 e. The molecule has 0 unspecified atom stereocenters. The molecule has 0 amide bonds. The summed E-state index contributed by atoms with van der Waals surface area (Å²) < 4.78 is 0. The van der Waals surface area contributed by atoms with Crippen LogP contribution in [0.2, 0.25) is 0 Å². The molecule has 0 saturated heterocycles. The van der Waals surface area contributed by atoms with Gasteiger partial charge in [-0.15, -0.1) is 0 Å². The van der Waals surface area contributed by atoms with Crippen molar-refractivity contribution in [3.05, 3.63) is 23.8 Å². The fraction of sp³-hybridized carbons (Fsp3) is 0.667. The molecule has 0 saturated carbocycles. The number of allylic oxidation sites excluding steroid dienone is 3. The average molecular weight is 164 g/mol. The van der Waals surface area contributed by atoms with E-state index in [9.17, 15) is 0 Å². The summed E-state index contributed by atoms with van der Waals surface area (Å²) in [4.78, 5) is 0. The van der Waals surface area contributed by atoms with Crippen LogP contribution in [0.5, 0.6) is 0 Å². The summed E-state index contributed by atoms with van der Waals surface area (Å²) in [6, 6.07) is 0. The summed E-state index contributed by atoms with van der Waals surface area (Å²) in [5, 5.41) is 0. The topological polar surface area (TPSA) is 0 Å². The zero-order valence-electron chi connectivity index (χ0n) is 8.23. The molecule has 0 atom stereocenters. The average Bonchev–Trinajstić information content (AvgIpc) is 2.05. The molecule has 0 heteroatoms. The van der Waals surface area contributed by atoms with Gasteiger partial charge < -0.3 is 0 Å². The van der Waals surface area contributed by atoms with Gasteiger partial charge in [-0.3, -0.25) is 0 Å². The quantitative estimate of drug-likeness (QED) is 0.573. The summed E-state index contributed by atoms with van der Waals surface area (Å²) in [6.07, 6.45) is 11.5. The van der Waals surface area contributed by atoms with E-state index in [0.717, 1.165) is 0 Å². The lowest BCUT2D eigenvalue weighted by Gasteiger charge is -2.14. The highest BCUT2D eigenvalue weighted by Gasteiger charge is 2.05. The Morgan fingerprint density at radius 1 is 1.17 bits per heavy atom. The molecule has 0 aromatic carbocycles. The van der Waals surface area contributed by atoms with Crippen LogP contribution >= 0.6 is 0 Å². The van der Waals surface area contributed by atoms with Gasteiger partial charge >= 0.3 is 0 Å². The first-order chi connectivity index (χ1) is 5.88. The van der Waals surface area contributed by atoms with Crippen LogP contribution in [0.15, 0.2) is 23.8 Å². The van der Waals surface area contributed by atoms with Gasteiger partial charge in [0.2, 0.25) is 0 Å². The highest BCUT2D eigenvalue weighted by Crippen LogP contribution is 2.25. The smallest absolute Gasteiger partial charge is 0.0280 e. The predicted octanol–water partition coefficient (Wildman–Crippen LogP) is 4.23. The summed E-state index contributed by atoms with van der Waals surface area (Å²) >= 11 is 0. The fourth-order valence-corrected chi connectivity index (χ4v) is 1.99. The Morgan fingerprint density at radius 3 is 2.42 bits per heavy atom. The maximum absolute atomic E-state index is 3.90. The predicted molar refractivity (Wildman–Crippen MR) is 55.2 cm³/mol. The standard InChI is InChI=1S/C12H20/c1-3-11-9-7-5-6-8-10-12(11)4-2/h3H,1,4-10H2,2H3. The third-order valence-electron chi connectivity index (χ3n) is 2.80. The maximum atomic E-state index is 3.90. The lowest BCUT2D eigenvalue weighted by Crippen LogP contribution is -1.94. The minimum absolute atomic E-state index is 1.22. The van der Waals surface area contributed by atoms with Crippen LogP contribution in [0.1, 0.15) is 51.9 Å². The van der Waals surface area contributed by atoms with Crippen LogP contribution in [-0.2, 0) is 0 Å². The van der Waals surface area contributed by atoms with Crippen molar-refractivity contribution < 1.29 is 0 Å². The van der Waals surface area contributed by atoms with Gasteiger partial charge in [-0.1, -0.05) is 38.0 Å². The van der Waals surface area contributed by atoms with E-state index in [2.05, 4.69) is 19.6 Å². The van der Waals surface area contributed by atoms with E-state index in [-0.39, 0.29) is 0 Å². The normalized spacial score (nSPS) is 20.1. The molecule has 0 bridgehead atoms. The fourth-order valence-electron chi connectivity index (χ4n) is 1.99. The van der Waals surface area contributed by atoms with Gasteiger partial charge in [0.05, 0.1) is 0 Å². The molecule has 1 aliphatic rings. The zero-order chi connectivity index (χ0) is 8.81. The van der Waals surface area contributed by atoms with Crippen molar-refractivity contribution >= 4 is 0 Å². The zero-order valence-corrected chi connectivity index (χ0v) is 8.23. The van der Waals surface area contributed by atoms with Gasteiger partial charge in [0.25, 0.3) is 0 Å². The van der Waals surface area contributed by atoms with Crippen LogP contribution in [0.3, 0.4) is 0 Å². The number of hydrogen-bond acceptors (Lipinski definition) is 0. The minimum Gasteiger partial charge on any atom is -0.0988 e. The first-order valence-corrected chi connectivity index (χ1v) is 5.21. The minimum atomic E-state index is 1.22. The van der Waals surface area contributed by atoms with E-state index in [1.54, 1.807) is 5.57 Å². The van der Waals surface area contributed by atoms with Crippen molar-refractivity contribution in [2.75, 3.05) is 0 Å². The summed E-state index contributed by atoms with van der Waals surface area (Å²) in [5.74, 6) is 0. The summed E-state index contributed by atoms with van der Waals surface area (Å²) in [5.41, 5.74) is 3.20. The van der Waals surface area contributed by atoms with Gasteiger partial charge in [0.15, 0.2) is 0 Å². The van der Waals surface area contributed by atoms with E-state index >= 15 is 0 Å². The van der Waals surface area contributed by atoms with E-state index in [1.165, 1.54) is 50.5 Å². The van der Waals surface area contributed by atoms with Gasteiger partial charge in [-0.2, -0.15) is 0 Å². The van der Waals surface area contributed by atoms with Gasteiger partial charge in [-0.25, -0.2) is 0 Å². The van der Waals surface area contributed by atoms with E-state index in [1.807, 2.05) is 0 Å². The van der Waals surface area contributed by atoms with Crippen molar-refractivity contribution in [2.45, 2.75) is 51.9 Å². The van der Waals surface area contributed by atoms with Gasteiger partial charge in [-0.05, 0) is 37.7 Å². The maximum Gasteiger partial charge on any atom is -0.0280 e. The lowest BCUT2D eigenvalue weighted by atomic mass is 9.92. The first kappa shape index (κ1) is 9.57. The van der Waals surface area contributed by atoms with E-state index < -0.39 is 0 Å². The molecule has 1 aliphatic carbocycles. The first-order valence-electron chi connectivity index (χ1n) is 5.21. The van der Waals surface area contributed by atoms with Crippen LogP contribution in [0, 0.1) is 0 Å². The van der Waals surface area contributed by atoms with Crippen LogP contribution in [0.4, 0.5) is 0 Å². The Balaban J connectivity index is 2.69. The van der Waals surface area contributed by atoms with Crippen LogP contribution in [0.25, 0.3) is 0 Å². The molecule has 0 nitrogen and oxygen atoms in total. The molecule has 0 fully saturated rings. The van der Waals surface area contributed by atoms with E-state index in [4.69, 9.17) is 0 Å². The van der Waals surface area contributed by atoms with Crippen LogP contribution < -0.4 is 0 Å². The molecular formula is C12H20. The monoisotopic (exact) mass is 164 g/mol. The Kier molecular flexibility index (Phi) is 4.13. The molecule has 0 aliphatic heterocycles. The second-order valence-electron chi connectivity index (χ2n) is 3.60. The molecular weight excluding hydrogens is 144 g/mol. The van der Waals surface area contributed by atoms with Crippen LogP contribution in [-0.4, -0.2) is 0 Å². The van der Waals surface area contributed by atoms with Crippen molar-refractivity contribution in [3.63, 3.8) is 0 Å². The molecule has 0 N–H and O–H groups in total. The SMILES string of the molecule is C=CC1=C(CC)CCCCCC1. The van der Waals surface area contributed by atoms with Crippen molar-refractivity contribution in [1.29, 1.82) is 0 Å². The lowest BCUT2D eigenvalue weighted by molar-refractivity contribution is 0.608. The third kappa shape index (κ3) is 2.51. The molecule has 12 heavy (non-hydrogen) atoms. The third-order valence-corrected chi connectivity index (χ3v) is 2.80. The summed E-state index contributed by atoms with van der Waals surface area (Å²) in [6.45, 7) is 6.16. The molecule has 0 spiro atoms. The highest BCUT2D eigenvalue weighted by atomic mass is 14.1. The van der Waals surface area contributed by atoms with Crippen molar-refractivity contribution in [3.8, 4) is 0 Å². The summed E-state index contributed by atoms with van der Waals surface area (Å²) in [7, 11) is 0. The Morgan fingerprint density at radius 2 is 1.83 bits per heavy atom. The molecule has 0 radical (unpaired) electrons. The molecule has 68 valence electrons. The second kappa shape index (κ2) is 5.18.